The van der Waals surface area contributed by atoms with Gasteiger partial charge in [-0.3, -0.25) is 14.4 Å². The summed E-state index contributed by atoms with van der Waals surface area (Å²) in [5.41, 5.74) is 3.11. The zero-order chi connectivity index (χ0) is 22.3. The van der Waals surface area contributed by atoms with E-state index in [1.807, 2.05) is 43.5 Å². The van der Waals surface area contributed by atoms with Crippen LogP contribution in [-0.2, 0) is 16.6 Å². The van der Waals surface area contributed by atoms with Crippen LogP contribution < -0.4 is 9.62 Å². The number of fused-ring (bicyclic) bond motifs is 1. The van der Waals surface area contributed by atoms with E-state index in [1.54, 1.807) is 30.3 Å². The molecule has 1 N–H and O–H groups in total. The van der Waals surface area contributed by atoms with E-state index in [0.29, 0.717) is 35.1 Å². The first-order valence-corrected chi connectivity index (χ1v) is 11.7. The molecule has 10 heteroatoms. The van der Waals surface area contributed by atoms with Gasteiger partial charge >= 0.3 is 0 Å². The molecule has 0 saturated heterocycles. The Kier molecular flexibility index (Phi) is 5.26. The van der Waals surface area contributed by atoms with Crippen LogP contribution in [-0.4, -0.2) is 39.8 Å². The zero-order valence-electron chi connectivity index (χ0n) is 17.8. The Bertz CT molecular complexity index is 1270. The van der Waals surface area contributed by atoms with Crippen molar-refractivity contribution in [2.45, 2.75) is 40.3 Å². The molecule has 2 aromatic heterocycles. The molecule has 0 aliphatic carbocycles. The Morgan fingerprint density at radius 1 is 1.23 bits per heavy atom. The lowest BCUT2D eigenvalue weighted by molar-refractivity contribution is 0.0996. The van der Waals surface area contributed by atoms with E-state index in [1.165, 1.54) is 0 Å². The average molecular weight is 441 g/mol. The maximum Gasteiger partial charge on any atom is 0.260 e. The van der Waals surface area contributed by atoms with Gasteiger partial charge in [0.05, 0.1) is 18.0 Å². The fourth-order valence-corrected chi connectivity index (χ4v) is 4.22. The van der Waals surface area contributed by atoms with Gasteiger partial charge in [-0.15, -0.1) is 10.2 Å². The number of aromatic nitrogens is 4. The van der Waals surface area contributed by atoms with E-state index in [4.69, 9.17) is 0 Å². The van der Waals surface area contributed by atoms with Crippen LogP contribution in [0, 0.1) is 6.92 Å². The normalized spacial score (nSPS) is 13.7. The van der Waals surface area contributed by atoms with Crippen molar-refractivity contribution in [3.05, 3.63) is 53.3 Å². The van der Waals surface area contributed by atoms with Gasteiger partial charge in [0, 0.05) is 11.6 Å². The first-order chi connectivity index (χ1) is 14.7. The van der Waals surface area contributed by atoms with Gasteiger partial charge in [0.15, 0.2) is 5.82 Å². The minimum Gasteiger partial charge on any atom is -0.310 e. The molecule has 1 aliphatic rings. The van der Waals surface area contributed by atoms with Gasteiger partial charge in [-0.2, -0.15) is 0 Å². The molecule has 0 unspecified atom stereocenters. The van der Waals surface area contributed by atoms with E-state index in [0.717, 1.165) is 11.1 Å². The quantitative estimate of drug-likeness (QED) is 0.630. The number of hydrogen-bond acceptors (Lipinski definition) is 6. The number of nitrogens with zero attached hydrogens (tertiary/aromatic N) is 5. The number of carbonyl (C=O) groups is 1. The Morgan fingerprint density at radius 3 is 2.71 bits per heavy atom. The van der Waals surface area contributed by atoms with Gasteiger partial charge in [-0.25, -0.2) is 13.4 Å². The third-order valence-corrected chi connectivity index (χ3v) is 6.56. The summed E-state index contributed by atoms with van der Waals surface area (Å²) in [5.74, 6) is 0.877. The predicted molar refractivity (Wildman–Crippen MR) is 118 cm³/mol. The van der Waals surface area contributed by atoms with E-state index in [-0.39, 0.29) is 17.7 Å². The molecule has 31 heavy (non-hydrogen) atoms. The number of amides is 1. The molecule has 4 rings (SSSR count). The Labute approximate surface area is 181 Å². The summed E-state index contributed by atoms with van der Waals surface area (Å²) in [6.45, 7) is 7.81. The number of nitrogens with one attached hydrogen (secondary N) is 1. The molecule has 0 fully saturated rings. The van der Waals surface area contributed by atoms with Crippen molar-refractivity contribution in [1.29, 1.82) is 0 Å². The molecule has 0 saturated carbocycles. The standard InChI is InChI=1S/C21H24N6O3S/c1-5-31(29,30)25-18-10-16-15(9-14(18)4)11-26(21(16)28)19-8-6-7-17(23-19)20-24-22-12-27(20)13(2)3/h6-10,12-13,25H,5,11H2,1-4H3. The molecule has 162 valence electrons. The smallest absolute Gasteiger partial charge is 0.260 e. The highest BCUT2D eigenvalue weighted by Crippen LogP contribution is 2.32. The van der Waals surface area contributed by atoms with Gasteiger partial charge in [-0.05, 0) is 57.0 Å². The topological polar surface area (TPSA) is 110 Å². The van der Waals surface area contributed by atoms with Crippen LogP contribution in [0.1, 0.15) is 48.3 Å². The van der Waals surface area contributed by atoms with Crippen molar-refractivity contribution in [3.8, 4) is 11.5 Å². The molecule has 9 nitrogen and oxygen atoms in total. The number of aryl methyl sites for hydroxylation is 1. The van der Waals surface area contributed by atoms with Crippen molar-refractivity contribution in [2.24, 2.45) is 0 Å². The second-order valence-corrected chi connectivity index (χ2v) is 9.77. The second-order valence-electron chi connectivity index (χ2n) is 7.76. The van der Waals surface area contributed by atoms with Crippen molar-refractivity contribution in [2.75, 3.05) is 15.4 Å². The molecule has 0 atom stereocenters. The van der Waals surface area contributed by atoms with Crippen LogP contribution in [0.25, 0.3) is 11.5 Å². The van der Waals surface area contributed by atoms with Gasteiger partial charge in [0.1, 0.15) is 17.8 Å². The van der Waals surface area contributed by atoms with Gasteiger partial charge in [0.2, 0.25) is 10.0 Å². The molecule has 3 heterocycles. The van der Waals surface area contributed by atoms with E-state index in [2.05, 4.69) is 19.9 Å². The summed E-state index contributed by atoms with van der Waals surface area (Å²) in [6, 6.07) is 9.07. The summed E-state index contributed by atoms with van der Waals surface area (Å²) in [4.78, 5) is 19.4. The number of sulfonamides is 1. The third kappa shape index (κ3) is 3.90. The lowest BCUT2D eigenvalue weighted by Crippen LogP contribution is -2.24. The number of rotatable bonds is 6. The maximum absolute atomic E-state index is 13.1. The molecule has 0 bridgehead atoms. The largest absolute Gasteiger partial charge is 0.310 e. The third-order valence-electron chi connectivity index (χ3n) is 5.27. The number of pyridine rings is 1. The Morgan fingerprint density at radius 2 is 2.00 bits per heavy atom. The molecule has 3 aromatic rings. The highest BCUT2D eigenvalue weighted by Gasteiger charge is 2.31. The molecule has 1 aromatic carbocycles. The summed E-state index contributed by atoms with van der Waals surface area (Å²) < 4.78 is 28.4. The van der Waals surface area contributed by atoms with Gasteiger partial charge in [-0.1, -0.05) is 12.1 Å². The molecule has 0 spiro atoms. The zero-order valence-corrected chi connectivity index (χ0v) is 18.6. The summed E-state index contributed by atoms with van der Waals surface area (Å²) in [6.07, 6.45) is 1.66. The van der Waals surface area contributed by atoms with E-state index in [9.17, 15) is 13.2 Å². The van der Waals surface area contributed by atoms with Crippen molar-refractivity contribution in [3.63, 3.8) is 0 Å². The SMILES string of the molecule is CCS(=O)(=O)Nc1cc2c(cc1C)CN(c1cccc(-c3nncn3C(C)C)n1)C2=O. The minimum absolute atomic E-state index is 0.0404. The van der Waals surface area contributed by atoms with Crippen LogP contribution in [0.5, 0.6) is 0 Å². The Balaban J connectivity index is 1.68. The monoisotopic (exact) mass is 440 g/mol. The summed E-state index contributed by atoms with van der Waals surface area (Å²) in [7, 11) is -3.44. The Hall–Kier alpha value is -3.27. The van der Waals surface area contributed by atoms with Gasteiger partial charge < -0.3 is 4.57 Å². The summed E-state index contributed by atoms with van der Waals surface area (Å²) >= 11 is 0. The molecular formula is C21H24N6O3S. The summed E-state index contributed by atoms with van der Waals surface area (Å²) in [5, 5.41) is 8.17. The second kappa shape index (κ2) is 7.77. The highest BCUT2D eigenvalue weighted by atomic mass is 32.2. The van der Waals surface area contributed by atoms with Crippen molar-refractivity contribution >= 4 is 27.4 Å². The lowest BCUT2D eigenvalue weighted by Gasteiger charge is -2.16. The molecule has 1 amide bonds. The number of benzene rings is 1. The first kappa shape index (κ1) is 21.0. The number of hydrogen-bond donors (Lipinski definition) is 1. The number of anilines is 2. The average Bonchev–Trinajstić information content (AvgIpc) is 3.34. The van der Waals surface area contributed by atoms with Crippen molar-refractivity contribution < 1.29 is 13.2 Å². The fourth-order valence-electron chi connectivity index (χ4n) is 3.52. The fraction of sp³-hybridized carbons (Fsp3) is 0.333. The van der Waals surface area contributed by atoms with E-state index >= 15 is 0 Å². The van der Waals surface area contributed by atoms with E-state index < -0.39 is 10.0 Å². The van der Waals surface area contributed by atoms with Crippen molar-refractivity contribution in [1.82, 2.24) is 19.7 Å². The first-order valence-electron chi connectivity index (χ1n) is 10.0. The molecular weight excluding hydrogens is 416 g/mol. The predicted octanol–water partition coefficient (Wildman–Crippen LogP) is 3.15. The van der Waals surface area contributed by atoms with Crippen LogP contribution in [0.15, 0.2) is 36.7 Å². The highest BCUT2D eigenvalue weighted by molar-refractivity contribution is 7.92. The van der Waals surface area contributed by atoms with Crippen LogP contribution in [0.2, 0.25) is 0 Å². The molecule has 0 radical (unpaired) electrons. The minimum atomic E-state index is -3.44. The van der Waals surface area contributed by atoms with Gasteiger partial charge in [0.25, 0.3) is 5.91 Å². The van der Waals surface area contributed by atoms with Crippen LogP contribution >= 0.6 is 0 Å². The lowest BCUT2D eigenvalue weighted by atomic mass is 10.1. The molecule has 1 aliphatic heterocycles. The van der Waals surface area contributed by atoms with Crippen LogP contribution in [0.3, 0.4) is 0 Å². The number of carbonyl (C=O) groups excluding carboxylic acids is 1. The maximum atomic E-state index is 13.1. The van der Waals surface area contributed by atoms with Crippen LogP contribution in [0.4, 0.5) is 11.5 Å².